The number of hydrogen-bond acceptors (Lipinski definition) is 6. The predicted octanol–water partition coefficient (Wildman–Crippen LogP) is 3.66. The van der Waals surface area contributed by atoms with Crippen LogP contribution in [0.2, 0.25) is 0 Å². The summed E-state index contributed by atoms with van der Waals surface area (Å²) in [6.45, 7) is 9.92. The molecule has 0 saturated heterocycles. The molecular formula is C25H28N2O6. The van der Waals surface area contributed by atoms with Crippen LogP contribution in [0.5, 0.6) is 0 Å². The van der Waals surface area contributed by atoms with E-state index in [4.69, 9.17) is 4.74 Å². The minimum Gasteiger partial charge on any atom is -0.453 e. The third-order valence-corrected chi connectivity index (χ3v) is 5.80. The van der Waals surface area contributed by atoms with E-state index in [1.54, 1.807) is 38.1 Å². The summed E-state index contributed by atoms with van der Waals surface area (Å²) in [5, 5.41) is 0. The van der Waals surface area contributed by atoms with E-state index in [9.17, 15) is 24.0 Å². The third kappa shape index (κ3) is 4.37. The molecule has 8 nitrogen and oxygen atoms in total. The SMILES string of the molecule is CC(=O)c1c(C)[nH]c(C(=O)C(C)OC(=O)C(CC(C)C)N2C(=O)c3ccccc3C2=O)c1C. The number of H-pyrrole nitrogens is 1. The molecule has 2 unspecified atom stereocenters. The van der Waals surface area contributed by atoms with E-state index < -0.39 is 35.7 Å². The Hall–Kier alpha value is -3.55. The summed E-state index contributed by atoms with van der Waals surface area (Å²) < 4.78 is 5.46. The van der Waals surface area contributed by atoms with Crippen LogP contribution in [0.3, 0.4) is 0 Å². The van der Waals surface area contributed by atoms with Crippen LogP contribution >= 0.6 is 0 Å². The number of nitrogens with one attached hydrogen (secondary N) is 1. The molecule has 1 aromatic carbocycles. The quantitative estimate of drug-likeness (QED) is 0.371. The summed E-state index contributed by atoms with van der Waals surface area (Å²) in [5.74, 6) is -2.64. The molecule has 33 heavy (non-hydrogen) atoms. The monoisotopic (exact) mass is 452 g/mol. The summed E-state index contributed by atoms with van der Waals surface area (Å²) in [7, 11) is 0. The van der Waals surface area contributed by atoms with Crippen LogP contribution in [0, 0.1) is 19.8 Å². The van der Waals surface area contributed by atoms with Gasteiger partial charge in [-0.05, 0) is 57.7 Å². The van der Waals surface area contributed by atoms with Crippen molar-refractivity contribution >= 4 is 29.4 Å². The average molecular weight is 453 g/mol. The normalized spacial score (nSPS) is 14.9. The Labute approximate surface area is 192 Å². The number of ketones is 2. The lowest BCUT2D eigenvalue weighted by Crippen LogP contribution is -2.47. The van der Waals surface area contributed by atoms with E-state index in [0.717, 1.165) is 4.90 Å². The number of carbonyl (C=O) groups is 5. The number of fused-ring (bicyclic) bond motifs is 1. The topological polar surface area (TPSA) is 114 Å². The highest BCUT2D eigenvalue weighted by atomic mass is 16.5. The lowest BCUT2D eigenvalue weighted by Gasteiger charge is -2.27. The van der Waals surface area contributed by atoms with E-state index in [1.165, 1.54) is 13.8 Å². The molecule has 0 fully saturated rings. The van der Waals surface area contributed by atoms with Gasteiger partial charge in [0, 0.05) is 11.3 Å². The zero-order valence-electron chi connectivity index (χ0n) is 19.6. The maximum absolute atomic E-state index is 13.1. The average Bonchev–Trinajstić information content (AvgIpc) is 3.18. The van der Waals surface area contributed by atoms with E-state index in [1.807, 2.05) is 13.8 Å². The Balaban J connectivity index is 1.85. The number of amides is 2. The lowest BCUT2D eigenvalue weighted by molar-refractivity contribution is -0.151. The number of aromatic amines is 1. The zero-order chi connectivity index (χ0) is 24.6. The number of benzene rings is 1. The molecule has 1 aliphatic heterocycles. The zero-order valence-corrected chi connectivity index (χ0v) is 19.6. The van der Waals surface area contributed by atoms with Gasteiger partial charge in [0.25, 0.3) is 11.8 Å². The van der Waals surface area contributed by atoms with Gasteiger partial charge in [-0.2, -0.15) is 0 Å². The van der Waals surface area contributed by atoms with Crippen LogP contribution in [0.1, 0.15) is 86.9 Å². The van der Waals surface area contributed by atoms with E-state index >= 15 is 0 Å². The summed E-state index contributed by atoms with van der Waals surface area (Å²) in [5.41, 5.74) is 2.15. The number of esters is 1. The van der Waals surface area contributed by atoms with Gasteiger partial charge in [0.2, 0.25) is 5.78 Å². The summed E-state index contributed by atoms with van der Waals surface area (Å²) in [6, 6.07) is 5.23. The fourth-order valence-electron chi connectivity index (χ4n) is 4.28. The number of hydrogen-bond donors (Lipinski definition) is 1. The number of aromatic nitrogens is 1. The van der Waals surface area contributed by atoms with Crippen molar-refractivity contribution in [3.05, 3.63) is 57.9 Å². The largest absolute Gasteiger partial charge is 0.453 e. The van der Waals surface area contributed by atoms with Crippen molar-refractivity contribution in [1.29, 1.82) is 0 Å². The molecule has 0 spiro atoms. The van der Waals surface area contributed by atoms with Crippen molar-refractivity contribution in [3.8, 4) is 0 Å². The van der Waals surface area contributed by atoms with Crippen LogP contribution in [-0.2, 0) is 9.53 Å². The molecule has 8 heteroatoms. The fourth-order valence-corrected chi connectivity index (χ4v) is 4.28. The molecular weight excluding hydrogens is 424 g/mol. The minimum atomic E-state index is -1.18. The third-order valence-electron chi connectivity index (χ3n) is 5.80. The maximum atomic E-state index is 13.1. The number of rotatable bonds is 8. The second-order valence-electron chi connectivity index (χ2n) is 8.80. The molecule has 2 atom stereocenters. The molecule has 0 bridgehead atoms. The molecule has 2 aromatic rings. The molecule has 3 rings (SSSR count). The van der Waals surface area contributed by atoms with Gasteiger partial charge in [0.05, 0.1) is 16.8 Å². The van der Waals surface area contributed by atoms with Crippen molar-refractivity contribution in [2.75, 3.05) is 0 Å². The number of imide groups is 1. The smallest absolute Gasteiger partial charge is 0.330 e. The van der Waals surface area contributed by atoms with Gasteiger partial charge in [-0.15, -0.1) is 0 Å². The van der Waals surface area contributed by atoms with E-state index in [0.29, 0.717) is 16.8 Å². The first-order chi connectivity index (χ1) is 15.5. The number of carbonyl (C=O) groups excluding carboxylic acids is 5. The molecule has 1 N–H and O–H groups in total. The molecule has 1 aliphatic rings. The van der Waals surface area contributed by atoms with Crippen LogP contribution in [0.25, 0.3) is 0 Å². The first kappa shape index (κ1) is 24.1. The Morgan fingerprint density at radius 2 is 1.55 bits per heavy atom. The number of aryl methyl sites for hydroxylation is 1. The molecule has 0 saturated carbocycles. The molecule has 1 aromatic heterocycles. The molecule has 174 valence electrons. The Bertz CT molecular complexity index is 1120. The number of ether oxygens (including phenoxy) is 1. The second-order valence-corrected chi connectivity index (χ2v) is 8.80. The first-order valence-electron chi connectivity index (χ1n) is 10.9. The van der Waals surface area contributed by atoms with Gasteiger partial charge in [-0.1, -0.05) is 26.0 Å². The van der Waals surface area contributed by atoms with Crippen molar-refractivity contribution in [2.24, 2.45) is 5.92 Å². The van der Waals surface area contributed by atoms with Gasteiger partial charge < -0.3 is 9.72 Å². The van der Waals surface area contributed by atoms with Crippen LogP contribution < -0.4 is 0 Å². The van der Waals surface area contributed by atoms with Crippen molar-refractivity contribution in [1.82, 2.24) is 9.88 Å². The summed E-state index contributed by atoms with van der Waals surface area (Å²) in [6.07, 6.45) is -0.987. The minimum absolute atomic E-state index is 0.0238. The van der Waals surface area contributed by atoms with Crippen molar-refractivity contribution < 1.29 is 28.7 Å². The van der Waals surface area contributed by atoms with E-state index in [2.05, 4.69) is 4.98 Å². The highest BCUT2D eigenvalue weighted by molar-refractivity contribution is 6.22. The summed E-state index contributed by atoms with van der Waals surface area (Å²) >= 11 is 0. The standard InChI is InChI=1S/C25H28N2O6/c1-12(2)11-19(27-23(30)17-9-7-8-10-18(17)24(27)31)25(32)33-16(6)22(29)21-13(3)20(15(5)28)14(4)26-21/h7-10,12,16,19,26H,11H2,1-6H3. The molecule has 2 amide bonds. The fraction of sp³-hybridized carbons (Fsp3) is 0.400. The first-order valence-corrected chi connectivity index (χ1v) is 10.9. The Kier molecular flexibility index (Phi) is 6.67. The molecule has 2 heterocycles. The number of nitrogens with zero attached hydrogens (tertiary/aromatic N) is 1. The molecule has 0 radical (unpaired) electrons. The van der Waals surface area contributed by atoms with Crippen LogP contribution in [-0.4, -0.2) is 51.4 Å². The summed E-state index contributed by atoms with van der Waals surface area (Å²) in [4.78, 5) is 67.7. The van der Waals surface area contributed by atoms with Gasteiger partial charge in [0.1, 0.15) is 6.04 Å². The molecule has 0 aliphatic carbocycles. The van der Waals surface area contributed by atoms with Gasteiger partial charge >= 0.3 is 5.97 Å². The van der Waals surface area contributed by atoms with Gasteiger partial charge in [-0.3, -0.25) is 24.1 Å². The van der Waals surface area contributed by atoms with Crippen LogP contribution in [0.15, 0.2) is 24.3 Å². The lowest BCUT2D eigenvalue weighted by atomic mass is 10.0. The predicted molar refractivity (Wildman–Crippen MR) is 120 cm³/mol. The highest BCUT2D eigenvalue weighted by Crippen LogP contribution is 2.28. The Morgan fingerprint density at radius 1 is 1.00 bits per heavy atom. The second kappa shape index (κ2) is 9.13. The van der Waals surface area contributed by atoms with Crippen molar-refractivity contribution in [3.63, 3.8) is 0 Å². The van der Waals surface area contributed by atoms with Gasteiger partial charge in [0.15, 0.2) is 11.9 Å². The van der Waals surface area contributed by atoms with E-state index in [-0.39, 0.29) is 34.9 Å². The Morgan fingerprint density at radius 3 is 2.00 bits per heavy atom. The maximum Gasteiger partial charge on any atom is 0.330 e. The van der Waals surface area contributed by atoms with Gasteiger partial charge in [-0.25, -0.2) is 4.79 Å². The van der Waals surface area contributed by atoms with Crippen molar-refractivity contribution in [2.45, 2.75) is 60.1 Å². The highest BCUT2D eigenvalue weighted by Gasteiger charge is 2.44. The number of Topliss-reactive ketones (excluding diaryl/α,β-unsaturated/α-hetero) is 2. The van der Waals surface area contributed by atoms with Crippen LogP contribution in [0.4, 0.5) is 0 Å².